The first-order chi connectivity index (χ1) is 7.20. The molecule has 0 aliphatic heterocycles. The molecular formula is C13H18BrN. The molecule has 1 saturated carbocycles. The quantitative estimate of drug-likeness (QED) is 0.877. The molecular weight excluding hydrogens is 250 g/mol. The highest BCUT2D eigenvalue weighted by molar-refractivity contribution is 9.10. The van der Waals surface area contributed by atoms with Crippen LogP contribution in [0.15, 0.2) is 28.7 Å². The van der Waals surface area contributed by atoms with Crippen LogP contribution in [-0.4, -0.2) is 5.54 Å². The minimum atomic E-state index is 0.370. The number of hydrogen-bond acceptors (Lipinski definition) is 1. The van der Waals surface area contributed by atoms with Gasteiger partial charge in [-0.2, -0.15) is 0 Å². The van der Waals surface area contributed by atoms with E-state index in [9.17, 15) is 0 Å². The number of benzene rings is 1. The smallest absolute Gasteiger partial charge is 0.0221 e. The lowest BCUT2D eigenvalue weighted by molar-refractivity contribution is 0.362. The maximum absolute atomic E-state index is 3.69. The first-order valence-electron chi connectivity index (χ1n) is 5.68. The van der Waals surface area contributed by atoms with E-state index in [1.165, 1.54) is 35.7 Å². The van der Waals surface area contributed by atoms with Crippen LogP contribution < -0.4 is 5.32 Å². The van der Waals surface area contributed by atoms with E-state index in [1.54, 1.807) is 0 Å². The Balaban J connectivity index is 1.95. The first kappa shape index (κ1) is 11.2. The second-order valence-electron chi connectivity index (χ2n) is 4.71. The third-order valence-corrected chi connectivity index (χ3v) is 4.14. The van der Waals surface area contributed by atoms with Gasteiger partial charge in [-0.1, -0.05) is 47.0 Å². The van der Waals surface area contributed by atoms with Crippen molar-refractivity contribution in [2.45, 2.75) is 44.7 Å². The molecule has 0 bridgehead atoms. The molecule has 2 heteroatoms. The Morgan fingerprint density at radius 3 is 2.60 bits per heavy atom. The van der Waals surface area contributed by atoms with E-state index < -0.39 is 0 Å². The summed E-state index contributed by atoms with van der Waals surface area (Å²) in [5, 5.41) is 3.69. The summed E-state index contributed by atoms with van der Waals surface area (Å²) in [5.41, 5.74) is 1.72. The predicted octanol–water partition coefficient (Wildman–Crippen LogP) is 3.87. The average molecular weight is 268 g/mol. The molecule has 2 rings (SSSR count). The number of halogens is 1. The monoisotopic (exact) mass is 267 g/mol. The summed E-state index contributed by atoms with van der Waals surface area (Å²) < 4.78 is 1.21. The largest absolute Gasteiger partial charge is 0.307 e. The third kappa shape index (κ3) is 2.82. The molecule has 0 spiro atoms. The Bertz CT molecular complexity index is 329. The van der Waals surface area contributed by atoms with Gasteiger partial charge in [0.15, 0.2) is 0 Å². The Morgan fingerprint density at radius 1 is 1.27 bits per heavy atom. The Hall–Kier alpha value is -0.340. The zero-order chi connectivity index (χ0) is 10.7. The standard InChI is InChI=1S/C13H18BrN/c1-13(8-4-5-9-13)15-10-11-6-2-3-7-12(11)14/h2-3,6-7,15H,4-5,8-10H2,1H3. The van der Waals surface area contributed by atoms with Crippen molar-refractivity contribution < 1.29 is 0 Å². The summed E-state index contributed by atoms with van der Waals surface area (Å²) in [4.78, 5) is 0. The van der Waals surface area contributed by atoms with Crippen LogP contribution in [-0.2, 0) is 6.54 Å². The second-order valence-corrected chi connectivity index (χ2v) is 5.57. The van der Waals surface area contributed by atoms with Crippen molar-refractivity contribution in [3.63, 3.8) is 0 Å². The third-order valence-electron chi connectivity index (χ3n) is 3.37. The molecule has 1 aliphatic carbocycles. The highest BCUT2D eigenvalue weighted by atomic mass is 79.9. The molecule has 0 radical (unpaired) electrons. The molecule has 1 fully saturated rings. The first-order valence-corrected chi connectivity index (χ1v) is 6.47. The molecule has 0 aromatic heterocycles. The molecule has 0 heterocycles. The van der Waals surface area contributed by atoms with Crippen LogP contribution in [0, 0.1) is 0 Å². The minimum absolute atomic E-state index is 0.370. The number of nitrogens with one attached hydrogen (secondary N) is 1. The van der Waals surface area contributed by atoms with Crippen molar-refractivity contribution in [1.29, 1.82) is 0 Å². The van der Waals surface area contributed by atoms with Gasteiger partial charge < -0.3 is 5.32 Å². The van der Waals surface area contributed by atoms with Crippen LogP contribution >= 0.6 is 15.9 Å². The molecule has 0 saturated heterocycles. The fourth-order valence-electron chi connectivity index (χ4n) is 2.28. The van der Waals surface area contributed by atoms with Crippen molar-refractivity contribution in [1.82, 2.24) is 5.32 Å². The lowest BCUT2D eigenvalue weighted by atomic mass is 10.0. The Labute approximate surface area is 100 Å². The summed E-state index contributed by atoms with van der Waals surface area (Å²) >= 11 is 3.58. The van der Waals surface area contributed by atoms with E-state index in [0.717, 1.165) is 6.54 Å². The summed E-state index contributed by atoms with van der Waals surface area (Å²) in [6, 6.07) is 8.44. The van der Waals surface area contributed by atoms with Gasteiger partial charge in [-0.3, -0.25) is 0 Å². The molecule has 1 aromatic carbocycles. The van der Waals surface area contributed by atoms with Crippen LogP contribution in [0.5, 0.6) is 0 Å². The summed E-state index contributed by atoms with van der Waals surface area (Å²) in [6.07, 6.45) is 5.38. The van der Waals surface area contributed by atoms with E-state index in [4.69, 9.17) is 0 Å². The van der Waals surface area contributed by atoms with Gasteiger partial charge >= 0.3 is 0 Å². The maximum atomic E-state index is 3.69. The lowest BCUT2D eigenvalue weighted by Gasteiger charge is -2.25. The Morgan fingerprint density at radius 2 is 1.93 bits per heavy atom. The minimum Gasteiger partial charge on any atom is -0.307 e. The molecule has 15 heavy (non-hydrogen) atoms. The molecule has 1 aliphatic rings. The van der Waals surface area contributed by atoms with Crippen LogP contribution in [0.4, 0.5) is 0 Å². The van der Waals surface area contributed by atoms with E-state index in [0.29, 0.717) is 5.54 Å². The van der Waals surface area contributed by atoms with Crippen molar-refractivity contribution in [2.24, 2.45) is 0 Å². The zero-order valence-corrected chi connectivity index (χ0v) is 10.8. The van der Waals surface area contributed by atoms with Gasteiger partial charge in [0, 0.05) is 16.6 Å². The van der Waals surface area contributed by atoms with Gasteiger partial charge in [0.05, 0.1) is 0 Å². The van der Waals surface area contributed by atoms with Crippen molar-refractivity contribution >= 4 is 15.9 Å². The Kier molecular flexibility index (Phi) is 3.47. The molecule has 0 amide bonds. The molecule has 82 valence electrons. The molecule has 1 aromatic rings. The van der Waals surface area contributed by atoms with Crippen molar-refractivity contribution in [2.75, 3.05) is 0 Å². The van der Waals surface area contributed by atoms with Crippen LogP contribution in [0.3, 0.4) is 0 Å². The predicted molar refractivity (Wildman–Crippen MR) is 67.9 cm³/mol. The van der Waals surface area contributed by atoms with Crippen molar-refractivity contribution in [3.8, 4) is 0 Å². The second kappa shape index (κ2) is 4.67. The van der Waals surface area contributed by atoms with E-state index in [1.807, 2.05) is 0 Å². The van der Waals surface area contributed by atoms with Gasteiger partial charge in [0.1, 0.15) is 0 Å². The van der Waals surface area contributed by atoms with E-state index >= 15 is 0 Å². The lowest BCUT2D eigenvalue weighted by Crippen LogP contribution is -2.38. The van der Waals surface area contributed by atoms with Gasteiger partial charge in [0.25, 0.3) is 0 Å². The highest BCUT2D eigenvalue weighted by Gasteiger charge is 2.27. The molecule has 1 nitrogen and oxygen atoms in total. The van der Waals surface area contributed by atoms with Crippen LogP contribution in [0.2, 0.25) is 0 Å². The summed E-state index contributed by atoms with van der Waals surface area (Å²) in [5.74, 6) is 0. The van der Waals surface area contributed by atoms with Gasteiger partial charge in [-0.25, -0.2) is 0 Å². The molecule has 0 atom stereocenters. The van der Waals surface area contributed by atoms with Gasteiger partial charge in [-0.05, 0) is 31.4 Å². The fraction of sp³-hybridized carbons (Fsp3) is 0.538. The maximum Gasteiger partial charge on any atom is 0.0221 e. The number of rotatable bonds is 3. The number of hydrogen-bond donors (Lipinski definition) is 1. The summed E-state index contributed by atoms with van der Waals surface area (Å²) in [7, 11) is 0. The van der Waals surface area contributed by atoms with Gasteiger partial charge in [-0.15, -0.1) is 0 Å². The van der Waals surface area contributed by atoms with Crippen molar-refractivity contribution in [3.05, 3.63) is 34.3 Å². The SMILES string of the molecule is CC1(NCc2ccccc2Br)CCCC1. The summed E-state index contributed by atoms with van der Waals surface area (Å²) in [6.45, 7) is 3.31. The normalized spacial score (nSPS) is 19.3. The average Bonchev–Trinajstić information content (AvgIpc) is 2.65. The van der Waals surface area contributed by atoms with E-state index in [-0.39, 0.29) is 0 Å². The zero-order valence-electron chi connectivity index (χ0n) is 9.22. The topological polar surface area (TPSA) is 12.0 Å². The molecule has 0 unspecified atom stereocenters. The highest BCUT2D eigenvalue weighted by Crippen LogP contribution is 2.29. The van der Waals surface area contributed by atoms with E-state index in [2.05, 4.69) is 52.4 Å². The fourth-order valence-corrected chi connectivity index (χ4v) is 2.71. The molecule has 1 N–H and O–H groups in total. The van der Waals surface area contributed by atoms with Gasteiger partial charge in [0.2, 0.25) is 0 Å². The van der Waals surface area contributed by atoms with Crippen LogP contribution in [0.1, 0.15) is 38.2 Å². The van der Waals surface area contributed by atoms with Crippen LogP contribution in [0.25, 0.3) is 0 Å².